The second kappa shape index (κ2) is 12.0. The molecule has 1 rings (SSSR count). The molecule has 22 heavy (non-hydrogen) atoms. The number of unbranched alkanes of at least 4 members (excludes halogenated alkanes) is 4. The molecular formula is C18H28O4. The first-order chi connectivity index (χ1) is 10.8. The Kier molecular flexibility index (Phi) is 10.1. The smallest absolute Gasteiger partial charge is 0.338 e. The SMILES string of the molecule is CCCCOc1ccc(C(=O)OCCCCCCOC)cc1. The van der Waals surface area contributed by atoms with Crippen molar-refractivity contribution in [2.45, 2.75) is 45.4 Å². The Balaban J connectivity index is 2.19. The fourth-order valence-electron chi connectivity index (χ4n) is 1.97. The average molecular weight is 308 g/mol. The van der Waals surface area contributed by atoms with Gasteiger partial charge in [-0.25, -0.2) is 4.79 Å². The molecule has 0 bridgehead atoms. The highest BCUT2D eigenvalue weighted by molar-refractivity contribution is 5.89. The van der Waals surface area contributed by atoms with Crippen LogP contribution in [-0.2, 0) is 9.47 Å². The number of hydrogen-bond donors (Lipinski definition) is 0. The maximum atomic E-state index is 11.9. The zero-order valence-electron chi connectivity index (χ0n) is 13.8. The Morgan fingerprint density at radius 1 is 0.909 bits per heavy atom. The monoisotopic (exact) mass is 308 g/mol. The van der Waals surface area contributed by atoms with Gasteiger partial charge in [-0.05, 0) is 49.9 Å². The van der Waals surface area contributed by atoms with Crippen molar-refractivity contribution in [1.29, 1.82) is 0 Å². The van der Waals surface area contributed by atoms with Crippen LogP contribution >= 0.6 is 0 Å². The number of methoxy groups -OCH3 is 1. The van der Waals surface area contributed by atoms with Gasteiger partial charge in [-0.2, -0.15) is 0 Å². The molecule has 4 nitrogen and oxygen atoms in total. The predicted molar refractivity (Wildman–Crippen MR) is 87.5 cm³/mol. The normalized spacial score (nSPS) is 10.5. The van der Waals surface area contributed by atoms with E-state index in [0.29, 0.717) is 18.8 Å². The van der Waals surface area contributed by atoms with Crippen molar-refractivity contribution in [3.63, 3.8) is 0 Å². The van der Waals surface area contributed by atoms with E-state index in [1.807, 2.05) is 12.1 Å². The van der Waals surface area contributed by atoms with E-state index in [0.717, 1.165) is 50.9 Å². The van der Waals surface area contributed by atoms with E-state index in [9.17, 15) is 4.79 Å². The van der Waals surface area contributed by atoms with Crippen molar-refractivity contribution in [1.82, 2.24) is 0 Å². The zero-order chi connectivity index (χ0) is 16.0. The van der Waals surface area contributed by atoms with E-state index in [1.165, 1.54) is 0 Å². The van der Waals surface area contributed by atoms with Crippen molar-refractivity contribution in [2.75, 3.05) is 26.9 Å². The summed E-state index contributed by atoms with van der Waals surface area (Å²) in [6.07, 6.45) is 6.26. The molecule has 1 aromatic carbocycles. The van der Waals surface area contributed by atoms with Gasteiger partial charge < -0.3 is 14.2 Å². The van der Waals surface area contributed by atoms with Crippen LogP contribution in [0.4, 0.5) is 0 Å². The van der Waals surface area contributed by atoms with E-state index < -0.39 is 0 Å². The molecule has 0 unspecified atom stereocenters. The summed E-state index contributed by atoms with van der Waals surface area (Å²) >= 11 is 0. The van der Waals surface area contributed by atoms with Crippen molar-refractivity contribution in [3.8, 4) is 5.75 Å². The van der Waals surface area contributed by atoms with Crippen LogP contribution in [0.2, 0.25) is 0 Å². The number of hydrogen-bond acceptors (Lipinski definition) is 4. The van der Waals surface area contributed by atoms with E-state index in [1.54, 1.807) is 19.2 Å². The molecule has 0 aromatic heterocycles. The molecule has 0 fully saturated rings. The van der Waals surface area contributed by atoms with Gasteiger partial charge in [0.1, 0.15) is 5.75 Å². The maximum Gasteiger partial charge on any atom is 0.338 e. The van der Waals surface area contributed by atoms with E-state index in [2.05, 4.69) is 6.92 Å². The average Bonchev–Trinajstić information content (AvgIpc) is 2.55. The minimum absolute atomic E-state index is 0.267. The molecule has 0 N–H and O–H groups in total. The Bertz CT molecular complexity index is 400. The number of benzene rings is 1. The van der Waals surface area contributed by atoms with Gasteiger partial charge in [-0.3, -0.25) is 0 Å². The number of esters is 1. The Morgan fingerprint density at radius 2 is 1.59 bits per heavy atom. The van der Waals surface area contributed by atoms with Crippen LogP contribution in [-0.4, -0.2) is 32.9 Å². The van der Waals surface area contributed by atoms with Crippen LogP contribution in [0.15, 0.2) is 24.3 Å². The first-order valence-corrected chi connectivity index (χ1v) is 8.17. The second-order valence-corrected chi connectivity index (χ2v) is 5.27. The molecule has 4 heteroatoms. The van der Waals surface area contributed by atoms with Gasteiger partial charge in [-0.15, -0.1) is 0 Å². The lowest BCUT2D eigenvalue weighted by Gasteiger charge is -2.07. The molecule has 0 spiro atoms. The molecule has 0 saturated heterocycles. The van der Waals surface area contributed by atoms with E-state index in [-0.39, 0.29) is 5.97 Å². The summed E-state index contributed by atoms with van der Waals surface area (Å²) in [5.41, 5.74) is 0.572. The van der Waals surface area contributed by atoms with Gasteiger partial charge in [-0.1, -0.05) is 19.8 Å². The molecule has 0 aliphatic heterocycles. The molecule has 0 aliphatic rings. The molecule has 0 radical (unpaired) electrons. The highest BCUT2D eigenvalue weighted by Crippen LogP contribution is 2.13. The number of rotatable bonds is 12. The summed E-state index contributed by atoms with van der Waals surface area (Å²) in [4.78, 5) is 11.9. The summed E-state index contributed by atoms with van der Waals surface area (Å²) in [6.45, 7) is 4.11. The van der Waals surface area contributed by atoms with Gasteiger partial charge in [0.15, 0.2) is 0 Å². The molecule has 0 atom stereocenters. The quantitative estimate of drug-likeness (QED) is 0.428. The first-order valence-electron chi connectivity index (χ1n) is 8.17. The number of carbonyl (C=O) groups excluding carboxylic acids is 1. The van der Waals surface area contributed by atoms with E-state index >= 15 is 0 Å². The van der Waals surface area contributed by atoms with Crippen LogP contribution in [0.5, 0.6) is 5.75 Å². The van der Waals surface area contributed by atoms with Gasteiger partial charge in [0.05, 0.1) is 18.8 Å². The minimum atomic E-state index is -0.267. The standard InChI is InChI=1S/C18H28O4/c1-3-4-14-21-17-11-9-16(10-12-17)18(19)22-15-8-6-5-7-13-20-2/h9-12H,3-8,13-15H2,1-2H3. The molecule has 0 saturated carbocycles. The minimum Gasteiger partial charge on any atom is -0.494 e. The van der Waals surface area contributed by atoms with Crippen molar-refractivity contribution in [2.24, 2.45) is 0 Å². The predicted octanol–water partition coefficient (Wildman–Crippen LogP) is 4.23. The summed E-state index contributed by atoms with van der Waals surface area (Å²) in [5.74, 6) is 0.528. The highest BCUT2D eigenvalue weighted by atomic mass is 16.5. The molecule has 124 valence electrons. The molecule has 0 heterocycles. The maximum absolute atomic E-state index is 11.9. The van der Waals surface area contributed by atoms with Crippen LogP contribution in [0, 0.1) is 0 Å². The lowest BCUT2D eigenvalue weighted by atomic mass is 10.2. The summed E-state index contributed by atoms with van der Waals surface area (Å²) < 4.78 is 15.8. The summed E-state index contributed by atoms with van der Waals surface area (Å²) in [5, 5.41) is 0. The Hall–Kier alpha value is -1.55. The largest absolute Gasteiger partial charge is 0.494 e. The second-order valence-electron chi connectivity index (χ2n) is 5.27. The lowest BCUT2D eigenvalue weighted by Crippen LogP contribution is -2.06. The van der Waals surface area contributed by atoms with Crippen LogP contribution < -0.4 is 4.74 Å². The van der Waals surface area contributed by atoms with Gasteiger partial charge >= 0.3 is 5.97 Å². The molecular weight excluding hydrogens is 280 g/mol. The highest BCUT2D eigenvalue weighted by Gasteiger charge is 2.06. The van der Waals surface area contributed by atoms with Gasteiger partial charge in [0.2, 0.25) is 0 Å². The third-order valence-electron chi connectivity index (χ3n) is 3.33. The molecule has 0 amide bonds. The zero-order valence-corrected chi connectivity index (χ0v) is 13.8. The fraction of sp³-hybridized carbons (Fsp3) is 0.611. The van der Waals surface area contributed by atoms with Crippen LogP contribution in [0.1, 0.15) is 55.8 Å². The van der Waals surface area contributed by atoms with Crippen molar-refractivity contribution >= 4 is 5.97 Å². The fourth-order valence-corrected chi connectivity index (χ4v) is 1.97. The van der Waals surface area contributed by atoms with E-state index in [4.69, 9.17) is 14.2 Å². The van der Waals surface area contributed by atoms with Gasteiger partial charge in [0.25, 0.3) is 0 Å². The van der Waals surface area contributed by atoms with Crippen molar-refractivity contribution < 1.29 is 19.0 Å². The third kappa shape index (κ3) is 8.03. The van der Waals surface area contributed by atoms with Crippen LogP contribution in [0.3, 0.4) is 0 Å². The summed E-state index contributed by atoms with van der Waals surface area (Å²) in [6, 6.07) is 7.14. The first kappa shape index (κ1) is 18.5. The van der Waals surface area contributed by atoms with Gasteiger partial charge in [0, 0.05) is 13.7 Å². The molecule has 0 aliphatic carbocycles. The number of carbonyl (C=O) groups is 1. The number of ether oxygens (including phenoxy) is 3. The van der Waals surface area contributed by atoms with Crippen molar-refractivity contribution in [3.05, 3.63) is 29.8 Å². The summed E-state index contributed by atoms with van der Waals surface area (Å²) in [7, 11) is 1.71. The van der Waals surface area contributed by atoms with Crippen LogP contribution in [0.25, 0.3) is 0 Å². The Morgan fingerprint density at radius 3 is 2.23 bits per heavy atom. The molecule has 1 aromatic rings. The lowest BCUT2D eigenvalue weighted by molar-refractivity contribution is 0.0497. The Labute approximate surface area is 133 Å². The third-order valence-corrected chi connectivity index (χ3v) is 3.33. The topological polar surface area (TPSA) is 44.8 Å².